The third-order valence-corrected chi connectivity index (χ3v) is 3.59. The second-order valence-electron chi connectivity index (χ2n) is 4.33. The SMILES string of the molecule is Cc1nsc(N)c1-c1nc(Cc2cccc(F)c2)no1. The minimum absolute atomic E-state index is 0.284. The van der Waals surface area contributed by atoms with Crippen LogP contribution in [0.1, 0.15) is 17.1 Å². The number of aromatic nitrogens is 3. The van der Waals surface area contributed by atoms with Crippen molar-refractivity contribution in [2.24, 2.45) is 0 Å². The lowest BCUT2D eigenvalue weighted by Gasteiger charge is -1.96. The van der Waals surface area contributed by atoms with E-state index in [4.69, 9.17) is 10.3 Å². The number of hydrogen-bond donors (Lipinski definition) is 1. The molecule has 1 aromatic carbocycles. The van der Waals surface area contributed by atoms with Gasteiger partial charge in [-0.3, -0.25) is 0 Å². The molecule has 0 amide bonds. The van der Waals surface area contributed by atoms with Crippen molar-refractivity contribution < 1.29 is 8.91 Å². The number of rotatable bonds is 3. The maximum Gasteiger partial charge on any atom is 0.262 e. The third kappa shape index (κ3) is 2.39. The summed E-state index contributed by atoms with van der Waals surface area (Å²) >= 11 is 1.19. The zero-order valence-electron chi connectivity index (χ0n) is 10.6. The van der Waals surface area contributed by atoms with Crippen molar-refractivity contribution in [2.75, 3.05) is 5.73 Å². The van der Waals surface area contributed by atoms with E-state index in [1.807, 2.05) is 13.0 Å². The van der Waals surface area contributed by atoms with Crippen molar-refractivity contribution >= 4 is 16.5 Å². The Morgan fingerprint density at radius 1 is 1.40 bits per heavy atom. The Labute approximate surface area is 118 Å². The van der Waals surface area contributed by atoms with Gasteiger partial charge in [-0.25, -0.2) is 4.39 Å². The third-order valence-electron chi connectivity index (χ3n) is 2.82. The number of benzene rings is 1. The summed E-state index contributed by atoms with van der Waals surface area (Å²) in [7, 11) is 0. The molecule has 2 N–H and O–H groups in total. The smallest absolute Gasteiger partial charge is 0.262 e. The fourth-order valence-corrected chi connectivity index (χ4v) is 2.56. The molecule has 0 fully saturated rings. The van der Waals surface area contributed by atoms with E-state index in [-0.39, 0.29) is 5.82 Å². The average molecular weight is 290 g/mol. The zero-order valence-corrected chi connectivity index (χ0v) is 11.4. The van der Waals surface area contributed by atoms with E-state index in [9.17, 15) is 4.39 Å². The van der Waals surface area contributed by atoms with Crippen molar-refractivity contribution in [2.45, 2.75) is 13.3 Å². The van der Waals surface area contributed by atoms with Gasteiger partial charge in [0.25, 0.3) is 5.89 Å². The number of halogens is 1. The highest BCUT2D eigenvalue weighted by Crippen LogP contribution is 2.31. The maximum absolute atomic E-state index is 13.1. The van der Waals surface area contributed by atoms with Crippen LogP contribution >= 0.6 is 11.5 Å². The summed E-state index contributed by atoms with van der Waals surface area (Å²) in [5.74, 6) is 0.545. The summed E-state index contributed by atoms with van der Waals surface area (Å²) in [6.07, 6.45) is 0.401. The van der Waals surface area contributed by atoms with Gasteiger partial charge in [0.15, 0.2) is 5.82 Å². The summed E-state index contributed by atoms with van der Waals surface area (Å²) in [4.78, 5) is 4.29. The molecule has 3 aromatic rings. The lowest BCUT2D eigenvalue weighted by molar-refractivity contribution is 0.424. The van der Waals surface area contributed by atoms with E-state index < -0.39 is 0 Å². The first kappa shape index (κ1) is 12.7. The lowest BCUT2D eigenvalue weighted by atomic mass is 10.1. The van der Waals surface area contributed by atoms with Gasteiger partial charge >= 0.3 is 0 Å². The molecule has 0 saturated heterocycles. The fourth-order valence-electron chi connectivity index (χ4n) is 1.90. The van der Waals surface area contributed by atoms with E-state index in [1.165, 1.54) is 23.7 Å². The summed E-state index contributed by atoms with van der Waals surface area (Å²) < 4.78 is 22.5. The van der Waals surface area contributed by atoms with Gasteiger partial charge in [-0.05, 0) is 36.2 Å². The van der Waals surface area contributed by atoms with Crippen LogP contribution in [0.25, 0.3) is 11.5 Å². The van der Waals surface area contributed by atoms with Crippen LogP contribution in [0.15, 0.2) is 28.8 Å². The Morgan fingerprint density at radius 2 is 2.25 bits per heavy atom. The van der Waals surface area contributed by atoms with Crippen LogP contribution < -0.4 is 5.73 Å². The lowest BCUT2D eigenvalue weighted by Crippen LogP contribution is -1.92. The zero-order chi connectivity index (χ0) is 14.1. The van der Waals surface area contributed by atoms with Gasteiger partial charge in [0.2, 0.25) is 0 Å². The Bertz CT molecular complexity index is 733. The highest BCUT2D eigenvalue weighted by molar-refractivity contribution is 7.10. The first-order chi connectivity index (χ1) is 9.63. The van der Waals surface area contributed by atoms with Crippen LogP contribution in [0.2, 0.25) is 0 Å². The predicted octanol–water partition coefficient (Wildman–Crippen LogP) is 2.81. The number of anilines is 1. The van der Waals surface area contributed by atoms with Gasteiger partial charge in [0, 0.05) is 6.42 Å². The van der Waals surface area contributed by atoms with Gasteiger partial charge in [-0.1, -0.05) is 17.3 Å². The molecule has 0 aliphatic rings. The van der Waals surface area contributed by atoms with Crippen molar-refractivity contribution in [1.82, 2.24) is 14.5 Å². The standard InChI is InChI=1S/C13H11FN4OS/c1-7-11(12(15)20-18-7)13-16-10(17-19-13)6-8-3-2-4-9(14)5-8/h2-5H,6,15H2,1H3. The van der Waals surface area contributed by atoms with Crippen LogP contribution in [0, 0.1) is 12.7 Å². The second kappa shape index (κ2) is 5.01. The van der Waals surface area contributed by atoms with E-state index in [0.29, 0.717) is 28.7 Å². The first-order valence-corrected chi connectivity index (χ1v) is 6.70. The van der Waals surface area contributed by atoms with Crippen molar-refractivity contribution in [3.63, 3.8) is 0 Å². The molecule has 0 saturated carbocycles. The molecule has 102 valence electrons. The van der Waals surface area contributed by atoms with Crippen LogP contribution in [0.5, 0.6) is 0 Å². The first-order valence-electron chi connectivity index (χ1n) is 5.92. The van der Waals surface area contributed by atoms with Gasteiger partial charge in [-0.15, -0.1) is 0 Å². The van der Waals surface area contributed by atoms with E-state index in [0.717, 1.165) is 11.3 Å². The molecule has 0 spiro atoms. The highest BCUT2D eigenvalue weighted by atomic mass is 32.1. The molecule has 5 nitrogen and oxygen atoms in total. The molecule has 0 aliphatic heterocycles. The minimum atomic E-state index is -0.284. The van der Waals surface area contributed by atoms with Gasteiger partial charge in [0.1, 0.15) is 10.8 Å². The van der Waals surface area contributed by atoms with E-state index >= 15 is 0 Å². The van der Waals surface area contributed by atoms with Crippen LogP contribution in [-0.2, 0) is 6.42 Å². The Kier molecular flexibility index (Phi) is 3.19. The van der Waals surface area contributed by atoms with Crippen LogP contribution in [-0.4, -0.2) is 14.5 Å². The van der Waals surface area contributed by atoms with E-state index in [2.05, 4.69) is 14.5 Å². The molecule has 7 heteroatoms. The van der Waals surface area contributed by atoms with E-state index in [1.54, 1.807) is 6.07 Å². The normalized spacial score (nSPS) is 10.9. The summed E-state index contributed by atoms with van der Waals surface area (Å²) in [5, 5.41) is 4.44. The quantitative estimate of drug-likeness (QED) is 0.802. The van der Waals surface area contributed by atoms with Gasteiger partial charge in [-0.2, -0.15) is 9.36 Å². The monoisotopic (exact) mass is 290 g/mol. The van der Waals surface area contributed by atoms with Crippen molar-refractivity contribution in [1.29, 1.82) is 0 Å². The predicted molar refractivity (Wildman–Crippen MR) is 73.8 cm³/mol. The molecule has 2 aromatic heterocycles. The molecule has 20 heavy (non-hydrogen) atoms. The van der Waals surface area contributed by atoms with Crippen LogP contribution in [0.4, 0.5) is 9.39 Å². The molecule has 3 rings (SSSR count). The number of nitrogens with zero attached hydrogens (tertiary/aromatic N) is 3. The van der Waals surface area contributed by atoms with Crippen molar-refractivity contribution in [3.8, 4) is 11.5 Å². The Hall–Kier alpha value is -2.28. The minimum Gasteiger partial charge on any atom is -0.389 e. The molecule has 2 heterocycles. The number of hydrogen-bond acceptors (Lipinski definition) is 6. The Balaban J connectivity index is 1.88. The molecule has 0 unspecified atom stereocenters. The number of nitrogen functional groups attached to an aromatic ring is 1. The fraction of sp³-hybridized carbons (Fsp3) is 0.154. The van der Waals surface area contributed by atoms with Gasteiger partial charge < -0.3 is 10.3 Å². The summed E-state index contributed by atoms with van der Waals surface area (Å²) in [6, 6.07) is 6.30. The summed E-state index contributed by atoms with van der Waals surface area (Å²) in [5.41, 5.74) is 8.05. The Morgan fingerprint density at radius 3 is 2.95 bits per heavy atom. The average Bonchev–Trinajstić information content (AvgIpc) is 2.97. The molecular weight excluding hydrogens is 279 g/mol. The highest BCUT2D eigenvalue weighted by Gasteiger charge is 2.17. The van der Waals surface area contributed by atoms with Gasteiger partial charge in [0.05, 0.1) is 11.3 Å². The molecule has 0 radical (unpaired) electrons. The largest absolute Gasteiger partial charge is 0.389 e. The summed E-state index contributed by atoms with van der Waals surface area (Å²) in [6.45, 7) is 1.83. The molecule has 0 atom stereocenters. The second-order valence-corrected chi connectivity index (χ2v) is 5.13. The topological polar surface area (TPSA) is 77.8 Å². The molecule has 0 aliphatic carbocycles. The molecule has 0 bridgehead atoms. The maximum atomic E-state index is 13.1. The number of aryl methyl sites for hydroxylation is 1. The molecular formula is C13H11FN4OS. The number of nitrogens with two attached hydrogens (primary N) is 1. The van der Waals surface area contributed by atoms with Crippen molar-refractivity contribution in [3.05, 3.63) is 47.2 Å². The van der Waals surface area contributed by atoms with Crippen LogP contribution in [0.3, 0.4) is 0 Å².